The molecule has 1 aliphatic heterocycles. The smallest absolute Gasteiger partial charge is 0.322 e. The molecule has 0 radical (unpaired) electrons. The molecule has 4 rings (SSSR count). The number of thiophene rings is 1. The molecule has 2 N–H and O–H groups in total. The summed E-state index contributed by atoms with van der Waals surface area (Å²) >= 11 is 1.42. The van der Waals surface area contributed by atoms with Crippen molar-refractivity contribution in [1.82, 2.24) is 25.3 Å². The van der Waals surface area contributed by atoms with Gasteiger partial charge in [-0.1, -0.05) is 37.3 Å². The lowest BCUT2D eigenvalue weighted by molar-refractivity contribution is -0.139. The van der Waals surface area contributed by atoms with Gasteiger partial charge in [0.15, 0.2) is 0 Å². The van der Waals surface area contributed by atoms with Gasteiger partial charge in [-0.15, -0.1) is 11.3 Å². The van der Waals surface area contributed by atoms with E-state index in [0.29, 0.717) is 21.6 Å². The number of carbonyl (C=O) groups is 3. The van der Waals surface area contributed by atoms with E-state index in [1.54, 1.807) is 13.8 Å². The monoisotopic (exact) mass is 439 g/mol. The maximum absolute atomic E-state index is 13.0. The lowest BCUT2D eigenvalue weighted by Crippen LogP contribution is -2.49. The quantitative estimate of drug-likeness (QED) is 0.592. The standard InChI is InChI=1S/C21H21N5O4S/c1-4-21(3)19(29)26(20(30)23-21)24-14(27)10-25-11-22-17-15(18(25)28)12(2)16(31-17)13-8-6-5-7-9-13/h5-9,11H,4,10H2,1-3H3,(H,23,30)(H,24,27)/t21-/m0/s1. The van der Waals surface area contributed by atoms with Gasteiger partial charge in [-0.25, -0.2) is 9.78 Å². The predicted molar refractivity (Wildman–Crippen MR) is 116 cm³/mol. The molecule has 0 saturated carbocycles. The Hall–Kier alpha value is -3.53. The highest BCUT2D eigenvalue weighted by molar-refractivity contribution is 7.22. The van der Waals surface area contributed by atoms with E-state index in [4.69, 9.17) is 0 Å². The number of hydrazine groups is 1. The van der Waals surface area contributed by atoms with E-state index in [1.807, 2.05) is 37.3 Å². The summed E-state index contributed by atoms with van der Waals surface area (Å²) in [6.07, 6.45) is 1.68. The van der Waals surface area contributed by atoms with Crippen LogP contribution in [0.4, 0.5) is 4.79 Å². The van der Waals surface area contributed by atoms with Gasteiger partial charge >= 0.3 is 6.03 Å². The van der Waals surface area contributed by atoms with Crippen molar-refractivity contribution in [3.8, 4) is 10.4 Å². The molecule has 0 spiro atoms. The first kappa shape index (κ1) is 20.7. The van der Waals surface area contributed by atoms with Crippen LogP contribution in [0, 0.1) is 6.92 Å². The molecule has 3 heterocycles. The highest BCUT2D eigenvalue weighted by Gasteiger charge is 2.47. The molecule has 1 atom stereocenters. The summed E-state index contributed by atoms with van der Waals surface area (Å²) in [4.78, 5) is 55.9. The molecule has 1 saturated heterocycles. The van der Waals surface area contributed by atoms with Crippen LogP contribution in [0.25, 0.3) is 20.7 Å². The van der Waals surface area contributed by atoms with Crippen molar-refractivity contribution in [1.29, 1.82) is 0 Å². The summed E-state index contributed by atoms with van der Waals surface area (Å²) in [5.41, 5.74) is 2.65. The van der Waals surface area contributed by atoms with Gasteiger partial charge in [0, 0.05) is 4.88 Å². The van der Waals surface area contributed by atoms with E-state index < -0.39 is 23.4 Å². The van der Waals surface area contributed by atoms with E-state index in [0.717, 1.165) is 16.0 Å². The number of hydrogen-bond donors (Lipinski definition) is 2. The Labute approximate surface area is 181 Å². The van der Waals surface area contributed by atoms with Crippen LogP contribution in [0.3, 0.4) is 0 Å². The molecule has 0 aliphatic carbocycles. The van der Waals surface area contributed by atoms with Crippen molar-refractivity contribution in [2.24, 2.45) is 0 Å². The van der Waals surface area contributed by atoms with Gasteiger partial charge in [0.1, 0.15) is 16.9 Å². The summed E-state index contributed by atoms with van der Waals surface area (Å²) < 4.78 is 1.17. The fraction of sp³-hybridized carbons (Fsp3) is 0.286. The fourth-order valence-electron chi connectivity index (χ4n) is 3.48. The molecule has 1 fully saturated rings. The lowest BCUT2D eigenvalue weighted by atomic mass is 10.00. The zero-order valence-corrected chi connectivity index (χ0v) is 18.1. The molecule has 160 valence electrons. The summed E-state index contributed by atoms with van der Waals surface area (Å²) in [6.45, 7) is 4.83. The number of aromatic nitrogens is 2. The van der Waals surface area contributed by atoms with Gasteiger partial charge in [-0.2, -0.15) is 5.01 Å². The zero-order valence-electron chi connectivity index (χ0n) is 17.3. The Kier molecular flexibility index (Phi) is 5.10. The molecule has 31 heavy (non-hydrogen) atoms. The number of rotatable bonds is 5. The number of nitrogens with zero attached hydrogens (tertiary/aromatic N) is 3. The normalized spacial score (nSPS) is 18.5. The van der Waals surface area contributed by atoms with Crippen molar-refractivity contribution < 1.29 is 14.4 Å². The molecule has 4 amide bonds. The number of fused-ring (bicyclic) bond motifs is 1. The summed E-state index contributed by atoms with van der Waals surface area (Å²) in [5.74, 6) is -1.22. The second kappa shape index (κ2) is 7.62. The SMILES string of the molecule is CC[C@]1(C)NC(=O)N(NC(=O)Cn2cnc3sc(-c4ccccc4)c(C)c3c2=O)C1=O. The maximum Gasteiger partial charge on any atom is 0.344 e. The molecule has 0 bridgehead atoms. The lowest BCUT2D eigenvalue weighted by Gasteiger charge is -2.19. The Morgan fingerprint density at radius 2 is 1.94 bits per heavy atom. The molecule has 1 aliphatic rings. The molecule has 2 aromatic heterocycles. The van der Waals surface area contributed by atoms with Crippen LogP contribution in [-0.4, -0.2) is 37.9 Å². The van der Waals surface area contributed by atoms with Gasteiger partial charge < -0.3 is 5.32 Å². The summed E-state index contributed by atoms with van der Waals surface area (Å²) in [5, 5.41) is 3.66. The van der Waals surface area contributed by atoms with Gasteiger partial charge in [0.2, 0.25) is 0 Å². The average molecular weight is 439 g/mol. The van der Waals surface area contributed by atoms with Crippen molar-refractivity contribution in [3.05, 3.63) is 52.6 Å². The highest BCUT2D eigenvalue weighted by atomic mass is 32.1. The van der Waals surface area contributed by atoms with Crippen LogP contribution in [0.15, 0.2) is 41.5 Å². The minimum Gasteiger partial charge on any atom is -0.322 e. The molecule has 1 aromatic carbocycles. The second-order valence-electron chi connectivity index (χ2n) is 7.57. The largest absolute Gasteiger partial charge is 0.344 e. The Balaban J connectivity index is 1.59. The molecule has 3 aromatic rings. The third-order valence-electron chi connectivity index (χ3n) is 5.47. The fourth-order valence-corrected chi connectivity index (χ4v) is 4.62. The van der Waals surface area contributed by atoms with E-state index in [1.165, 1.54) is 22.2 Å². The van der Waals surface area contributed by atoms with E-state index in [2.05, 4.69) is 15.7 Å². The average Bonchev–Trinajstić information content (AvgIpc) is 3.20. The third kappa shape index (κ3) is 3.48. The Morgan fingerprint density at radius 3 is 2.58 bits per heavy atom. The number of carbonyl (C=O) groups excluding carboxylic acids is 3. The van der Waals surface area contributed by atoms with Crippen molar-refractivity contribution in [3.63, 3.8) is 0 Å². The minimum absolute atomic E-state index is 0.355. The van der Waals surface area contributed by atoms with E-state index >= 15 is 0 Å². The molecular weight excluding hydrogens is 418 g/mol. The van der Waals surface area contributed by atoms with Crippen molar-refractivity contribution in [2.45, 2.75) is 39.3 Å². The van der Waals surface area contributed by atoms with E-state index in [9.17, 15) is 19.2 Å². The van der Waals surface area contributed by atoms with Crippen LogP contribution in [0.1, 0.15) is 25.8 Å². The first-order valence-corrected chi connectivity index (χ1v) is 10.6. The number of hydrogen-bond acceptors (Lipinski definition) is 6. The van der Waals surface area contributed by atoms with Gasteiger partial charge in [0.25, 0.3) is 17.4 Å². The van der Waals surface area contributed by atoms with Crippen molar-refractivity contribution in [2.75, 3.05) is 0 Å². The molecule has 0 unspecified atom stereocenters. The number of aryl methyl sites for hydroxylation is 1. The van der Waals surface area contributed by atoms with E-state index in [-0.39, 0.29) is 12.1 Å². The highest BCUT2D eigenvalue weighted by Crippen LogP contribution is 2.35. The van der Waals surface area contributed by atoms with Crippen LogP contribution in [-0.2, 0) is 16.1 Å². The summed E-state index contributed by atoms with van der Waals surface area (Å²) in [6, 6.07) is 9.00. The topological polar surface area (TPSA) is 113 Å². The van der Waals surface area contributed by atoms with Crippen LogP contribution >= 0.6 is 11.3 Å². The Bertz CT molecular complexity index is 1270. The third-order valence-corrected chi connectivity index (χ3v) is 6.72. The van der Waals surface area contributed by atoms with Crippen LogP contribution in [0.2, 0.25) is 0 Å². The number of amides is 4. The molecule has 9 nitrogen and oxygen atoms in total. The first-order chi connectivity index (χ1) is 14.7. The van der Waals surface area contributed by atoms with Crippen LogP contribution < -0.4 is 16.3 Å². The van der Waals surface area contributed by atoms with Crippen LogP contribution in [0.5, 0.6) is 0 Å². The maximum atomic E-state index is 13.0. The second-order valence-corrected chi connectivity index (χ2v) is 8.57. The number of urea groups is 1. The van der Waals surface area contributed by atoms with Gasteiger partial charge in [-0.05, 0) is 31.4 Å². The minimum atomic E-state index is -1.07. The number of nitrogens with one attached hydrogen (secondary N) is 2. The first-order valence-electron chi connectivity index (χ1n) is 9.75. The van der Waals surface area contributed by atoms with Crippen molar-refractivity contribution >= 4 is 39.4 Å². The van der Waals surface area contributed by atoms with Gasteiger partial charge in [-0.3, -0.25) is 24.4 Å². The molecule has 10 heteroatoms. The summed E-state index contributed by atoms with van der Waals surface area (Å²) in [7, 11) is 0. The predicted octanol–water partition coefficient (Wildman–Crippen LogP) is 2.19. The molecular formula is C21H21N5O4S. The zero-order chi connectivity index (χ0) is 22.3. The number of benzene rings is 1. The van der Waals surface area contributed by atoms with Gasteiger partial charge in [0.05, 0.1) is 11.7 Å². The number of imide groups is 1. The Morgan fingerprint density at radius 1 is 1.23 bits per heavy atom.